The highest BCUT2D eigenvalue weighted by Gasteiger charge is 2.39. The largest absolute Gasteiger partial charge is 0.487 e. The summed E-state index contributed by atoms with van der Waals surface area (Å²) in [5, 5.41) is 1.06. The van der Waals surface area contributed by atoms with Crippen LogP contribution in [0.5, 0.6) is 5.75 Å². The number of hydrogen-bond donors (Lipinski definition) is 0. The predicted octanol–water partition coefficient (Wildman–Crippen LogP) is 4.63. The number of ether oxygens (including phenoxy) is 1. The van der Waals surface area contributed by atoms with E-state index in [1.54, 1.807) is 6.07 Å². The van der Waals surface area contributed by atoms with Crippen LogP contribution in [-0.2, 0) is 12.8 Å². The topological polar surface area (TPSA) is 39.4 Å². The Hall–Kier alpha value is -1.77. The molecule has 0 unspecified atom stereocenters. The zero-order valence-corrected chi connectivity index (χ0v) is 14.0. The number of benzene rings is 1. The van der Waals surface area contributed by atoms with E-state index in [9.17, 15) is 4.79 Å². The van der Waals surface area contributed by atoms with Crippen LogP contribution in [0.2, 0.25) is 0 Å². The lowest BCUT2D eigenvalue weighted by atomic mass is 9.75. The molecule has 23 heavy (non-hydrogen) atoms. The molecule has 1 aromatic carbocycles. The molecule has 122 valence electrons. The van der Waals surface area contributed by atoms with E-state index >= 15 is 0 Å². The number of hydrogen-bond acceptors (Lipinski definition) is 3. The van der Waals surface area contributed by atoms with Crippen molar-refractivity contribution in [1.29, 1.82) is 0 Å². The van der Waals surface area contributed by atoms with Gasteiger partial charge in [0.25, 0.3) is 0 Å². The molecule has 3 heteroatoms. The second kappa shape index (κ2) is 5.40. The summed E-state index contributed by atoms with van der Waals surface area (Å²) in [5.74, 6) is 1.74. The summed E-state index contributed by atoms with van der Waals surface area (Å²) in [6.45, 7) is 4.40. The quantitative estimate of drug-likeness (QED) is 0.721. The first-order valence-electron chi connectivity index (χ1n) is 8.87. The van der Waals surface area contributed by atoms with Crippen LogP contribution in [-0.4, -0.2) is 5.60 Å². The Kier molecular flexibility index (Phi) is 3.47. The van der Waals surface area contributed by atoms with Crippen LogP contribution < -0.4 is 10.4 Å². The van der Waals surface area contributed by atoms with E-state index in [0.29, 0.717) is 5.58 Å². The molecular weight excluding hydrogens is 288 g/mol. The second-order valence-electron chi connectivity index (χ2n) is 7.37. The molecule has 2 heterocycles. The summed E-state index contributed by atoms with van der Waals surface area (Å²) >= 11 is 0. The Bertz CT molecular complexity index is 794. The minimum Gasteiger partial charge on any atom is -0.487 e. The highest BCUT2D eigenvalue weighted by Crippen LogP contribution is 2.44. The molecule has 0 radical (unpaired) electrons. The third-order valence-electron chi connectivity index (χ3n) is 5.75. The monoisotopic (exact) mass is 312 g/mol. The molecule has 1 aliphatic carbocycles. The summed E-state index contributed by atoms with van der Waals surface area (Å²) in [4.78, 5) is 11.8. The van der Waals surface area contributed by atoms with E-state index in [1.165, 1.54) is 18.4 Å². The van der Waals surface area contributed by atoms with Crippen molar-refractivity contribution < 1.29 is 9.15 Å². The van der Waals surface area contributed by atoms with E-state index < -0.39 is 0 Å². The molecule has 4 rings (SSSR count). The maximum absolute atomic E-state index is 11.8. The van der Waals surface area contributed by atoms with Crippen LogP contribution in [0, 0.1) is 5.92 Å². The Morgan fingerprint density at radius 2 is 1.96 bits per heavy atom. The summed E-state index contributed by atoms with van der Waals surface area (Å²) in [6, 6.07) is 5.73. The third-order valence-corrected chi connectivity index (χ3v) is 5.75. The number of aryl methyl sites for hydroxylation is 2. The SMILES string of the molecule is CCc1cc(=O)oc2cc3c(cc12)CCC1(CCC(C)CC1)O3. The molecule has 0 atom stereocenters. The van der Waals surface area contributed by atoms with Crippen LogP contribution in [0.25, 0.3) is 11.0 Å². The fourth-order valence-corrected chi connectivity index (χ4v) is 4.17. The molecule has 3 nitrogen and oxygen atoms in total. The van der Waals surface area contributed by atoms with Gasteiger partial charge in [-0.1, -0.05) is 13.8 Å². The minimum absolute atomic E-state index is 0.00977. The Labute approximate surface area is 136 Å². The van der Waals surface area contributed by atoms with Gasteiger partial charge < -0.3 is 9.15 Å². The maximum Gasteiger partial charge on any atom is 0.336 e. The van der Waals surface area contributed by atoms with Gasteiger partial charge in [-0.25, -0.2) is 4.79 Å². The van der Waals surface area contributed by atoms with E-state index in [-0.39, 0.29) is 11.2 Å². The van der Waals surface area contributed by atoms with Crippen molar-refractivity contribution in [1.82, 2.24) is 0 Å². The average Bonchev–Trinajstić information content (AvgIpc) is 2.55. The van der Waals surface area contributed by atoms with Crippen LogP contribution in [0.4, 0.5) is 0 Å². The lowest BCUT2D eigenvalue weighted by Gasteiger charge is -2.43. The van der Waals surface area contributed by atoms with Gasteiger partial charge in [0.05, 0.1) is 0 Å². The van der Waals surface area contributed by atoms with Crippen LogP contribution >= 0.6 is 0 Å². The fourth-order valence-electron chi connectivity index (χ4n) is 4.17. The van der Waals surface area contributed by atoms with E-state index in [4.69, 9.17) is 9.15 Å². The van der Waals surface area contributed by atoms with E-state index in [2.05, 4.69) is 19.9 Å². The molecule has 1 aliphatic heterocycles. The Morgan fingerprint density at radius 1 is 1.17 bits per heavy atom. The maximum atomic E-state index is 11.8. The van der Waals surface area contributed by atoms with Crippen molar-refractivity contribution in [2.45, 2.75) is 64.4 Å². The molecule has 1 saturated carbocycles. The lowest BCUT2D eigenvalue weighted by molar-refractivity contribution is -0.000192. The molecule has 2 aromatic rings. The highest BCUT2D eigenvalue weighted by atomic mass is 16.5. The molecule has 0 amide bonds. The fraction of sp³-hybridized carbons (Fsp3) is 0.550. The van der Waals surface area contributed by atoms with Crippen molar-refractivity contribution in [2.75, 3.05) is 0 Å². The first-order chi connectivity index (χ1) is 11.1. The van der Waals surface area contributed by atoms with Gasteiger partial charge in [0.1, 0.15) is 16.9 Å². The first-order valence-corrected chi connectivity index (χ1v) is 8.87. The standard InChI is InChI=1S/C20H24O3/c1-3-14-11-19(21)22-18-12-17-15(10-16(14)18)6-9-20(23-17)7-4-13(2)5-8-20/h10-13H,3-9H2,1-2H3. The first kappa shape index (κ1) is 14.8. The van der Waals surface area contributed by atoms with Crippen LogP contribution in [0.15, 0.2) is 27.4 Å². The van der Waals surface area contributed by atoms with Gasteiger partial charge in [-0.2, -0.15) is 0 Å². The normalized spacial score (nSPS) is 27.0. The molecule has 2 aliphatic rings. The molecule has 1 fully saturated rings. The Morgan fingerprint density at radius 3 is 2.70 bits per heavy atom. The van der Waals surface area contributed by atoms with Gasteiger partial charge in [0.15, 0.2) is 0 Å². The zero-order valence-electron chi connectivity index (χ0n) is 14.0. The number of fused-ring (bicyclic) bond motifs is 2. The average molecular weight is 312 g/mol. The van der Waals surface area contributed by atoms with E-state index in [0.717, 1.165) is 54.7 Å². The van der Waals surface area contributed by atoms with Gasteiger partial charge in [-0.05, 0) is 68.1 Å². The summed E-state index contributed by atoms with van der Waals surface area (Å²) in [7, 11) is 0. The van der Waals surface area contributed by atoms with Gasteiger partial charge in [0, 0.05) is 17.5 Å². The van der Waals surface area contributed by atoms with Crippen molar-refractivity contribution in [2.24, 2.45) is 5.92 Å². The summed E-state index contributed by atoms with van der Waals surface area (Å²) in [6.07, 6.45) is 7.78. The van der Waals surface area contributed by atoms with E-state index in [1.807, 2.05) is 6.07 Å². The van der Waals surface area contributed by atoms with Crippen molar-refractivity contribution in [3.05, 3.63) is 39.7 Å². The zero-order chi connectivity index (χ0) is 16.0. The third kappa shape index (κ3) is 2.56. The molecule has 0 saturated heterocycles. The molecule has 0 bridgehead atoms. The van der Waals surface area contributed by atoms with Crippen molar-refractivity contribution in [3.8, 4) is 5.75 Å². The van der Waals surface area contributed by atoms with Crippen LogP contribution in [0.3, 0.4) is 0 Å². The molecule has 0 N–H and O–H groups in total. The van der Waals surface area contributed by atoms with Crippen LogP contribution in [0.1, 0.15) is 57.1 Å². The second-order valence-corrected chi connectivity index (χ2v) is 7.37. The van der Waals surface area contributed by atoms with Gasteiger partial charge in [0.2, 0.25) is 0 Å². The van der Waals surface area contributed by atoms with Gasteiger partial charge >= 0.3 is 5.63 Å². The Balaban J connectivity index is 1.76. The summed E-state index contributed by atoms with van der Waals surface area (Å²) in [5.41, 5.74) is 2.72. The lowest BCUT2D eigenvalue weighted by Crippen LogP contribution is -2.42. The summed E-state index contributed by atoms with van der Waals surface area (Å²) < 4.78 is 11.9. The minimum atomic E-state index is -0.272. The smallest absolute Gasteiger partial charge is 0.336 e. The molecule has 1 aromatic heterocycles. The van der Waals surface area contributed by atoms with Gasteiger partial charge in [-0.15, -0.1) is 0 Å². The van der Waals surface area contributed by atoms with Crippen molar-refractivity contribution in [3.63, 3.8) is 0 Å². The van der Waals surface area contributed by atoms with Crippen molar-refractivity contribution >= 4 is 11.0 Å². The van der Waals surface area contributed by atoms with Gasteiger partial charge in [-0.3, -0.25) is 0 Å². The number of rotatable bonds is 1. The predicted molar refractivity (Wildman–Crippen MR) is 91.2 cm³/mol. The molecule has 1 spiro atoms. The highest BCUT2D eigenvalue weighted by molar-refractivity contribution is 5.83. The molecular formula is C20H24O3.